The van der Waals surface area contributed by atoms with Crippen molar-refractivity contribution < 1.29 is 27.8 Å². The summed E-state index contributed by atoms with van der Waals surface area (Å²) in [4.78, 5) is 15.2. The number of aliphatic carboxylic acids is 1. The van der Waals surface area contributed by atoms with Gasteiger partial charge in [0, 0.05) is 29.4 Å². The summed E-state index contributed by atoms with van der Waals surface area (Å²) in [6.07, 6.45) is -1.05. The molecule has 1 aromatic heterocycles. The van der Waals surface area contributed by atoms with Crippen molar-refractivity contribution in [3.05, 3.63) is 71.5 Å². The Morgan fingerprint density at radius 3 is 2.52 bits per heavy atom. The quantitative estimate of drug-likeness (QED) is 0.366. The Kier molecular flexibility index (Phi) is 7.79. The minimum Gasteiger partial charge on any atom is -0.493 e. The van der Waals surface area contributed by atoms with E-state index in [-0.39, 0.29) is 12.3 Å². The molecule has 3 aromatic rings. The van der Waals surface area contributed by atoms with Crippen LogP contribution in [0, 0.1) is 12.8 Å². The third-order valence-electron chi connectivity index (χ3n) is 5.45. The predicted octanol–water partition coefficient (Wildman–Crippen LogP) is 6.20. The molecule has 0 unspecified atom stereocenters. The van der Waals surface area contributed by atoms with E-state index in [1.165, 1.54) is 12.1 Å². The largest absolute Gasteiger partial charge is 0.493 e. The molecule has 1 atom stereocenters. The highest BCUT2D eigenvalue weighted by molar-refractivity contribution is 5.66. The van der Waals surface area contributed by atoms with E-state index in [1.54, 1.807) is 6.20 Å². The second-order valence-corrected chi connectivity index (χ2v) is 8.19. The Hall–Kier alpha value is -3.29. The van der Waals surface area contributed by atoms with Gasteiger partial charge in [-0.3, -0.25) is 4.79 Å². The van der Waals surface area contributed by atoms with Gasteiger partial charge in [-0.15, -0.1) is 0 Å². The molecule has 8 heteroatoms. The molecule has 0 radical (unpaired) electrons. The van der Waals surface area contributed by atoms with Crippen molar-refractivity contribution in [2.45, 2.75) is 45.8 Å². The molecule has 0 spiro atoms. The Bertz CT molecular complexity index is 1080. The van der Waals surface area contributed by atoms with Crippen molar-refractivity contribution in [2.24, 2.45) is 5.92 Å². The highest BCUT2D eigenvalue weighted by Crippen LogP contribution is 2.31. The average Bonchev–Trinajstić information content (AvgIpc) is 3.11. The lowest BCUT2D eigenvalue weighted by molar-refractivity contribution is -0.138. The number of halogens is 3. The van der Waals surface area contributed by atoms with Gasteiger partial charge in [0.25, 0.3) is 0 Å². The standard InChI is InChI=1S/C25H27F3N2O3/c1-17(14-23(31)32)6-5-13-33-22-8-4-3-7-20(22)16-30-18(2)15-29-24(30)19-9-11-21(12-10-19)25(26,27)28/h3-4,7-12,15,17H,5-6,13-14,16H2,1-2H3,(H,31,32)/t17-/m1/s1. The maximum atomic E-state index is 12.9. The molecule has 0 saturated carbocycles. The van der Waals surface area contributed by atoms with Crippen molar-refractivity contribution in [3.8, 4) is 17.1 Å². The Morgan fingerprint density at radius 1 is 1.15 bits per heavy atom. The summed E-state index contributed by atoms with van der Waals surface area (Å²) in [6.45, 7) is 4.73. The molecule has 0 fully saturated rings. The lowest BCUT2D eigenvalue weighted by Gasteiger charge is -2.16. The number of hydrogen-bond donors (Lipinski definition) is 1. The third kappa shape index (κ3) is 6.60. The topological polar surface area (TPSA) is 64.4 Å². The molecule has 0 saturated heterocycles. The van der Waals surface area contributed by atoms with Crippen molar-refractivity contribution in [1.82, 2.24) is 9.55 Å². The average molecular weight is 460 g/mol. The number of alkyl halides is 3. The lowest BCUT2D eigenvalue weighted by Crippen LogP contribution is -2.09. The van der Waals surface area contributed by atoms with Crippen molar-refractivity contribution in [3.63, 3.8) is 0 Å². The molecule has 0 aliphatic carbocycles. The SMILES string of the molecule is Cc1cnc(-c2ccc(C(F)(F)F)cc2)n1Cc1ccccc1OCCC[C@@H](C)CC(=O)O. The van der Waals surface area contributed by atoms with E-state index in [0.29, 0.717) is 24.5 Å². The van der Waals surface area contributed by atoms with Crippen LogP contribution >= 0.6 is 0 Å². The van der Waals surface area contributed by atoms with Gasteiger partial charge in [0.15, 0.2) is 0 Å². The first-order valence-corrected chi connectivity index (χ1v) is 10.8. The van der Waals surface area contributed by atoms with E-state index in [2.05, 4.69) is 4.98 Å². The molecule has 1 heterocycles. The van der Waals surface area contributed by atoms with E-state index in [0.717, 1.165) is 42.0 Å². The summed E-state index contributed by atoms with van der Waals surface area (Å²) >= 11 is 0. The van der Waals surface area contributed by atoms with Crippen molar-refractivity contribution in [2.75, 3.05) is 6.61 Å². The molecular weight excluding hydrogens is 433 g/mol. The van der Waals surface area contributed by atoms with Crippen LogP contribution in [0.25, 0.3) is 11.4 Å². The number of para-hydroxylation sites is 1. The highest BCUT2D eigenvalue weighted by Gasteiger charge is 2.30. The summed E-state index contributed by atoms with van der Waals surface area (Å²) in [6, 6.07) is 12.6. The maximum absolute atomic E-state index is 12.9. The van der Waals surface area contributed by atoms with Crippen LogP contribution in [-0.2, 0) is 17.5 Å². The first-order chi connectivity index (χ1) is 15.6. The fourth-order valence-electron chi connectivity index (χ4n) is 3.66. The van der Waals surface area contributed by atoms with Crippen LogP contribution in [0.15, 0.2) is 54.7 Å². The second kappa shape index (κ2) is 10.6. The molecule has 3 rings (SSSR count). The monoisotopic (exact) mass is 460 g/mol. The molecule has 2 aromatic carbocycles. The second-order valence-electron chi connectivity index (χ2n) is 8.19. The summed E-state index contributed by atoms with van der Waals surface area (Å²) in [7, 11) is 0. The van der Waals surface area contributed by atoms with Gasteiger partial charge in [-0.25, -0.2) is 4.98 Å². The van der Waals surface area contributed by atoms with Crippen LogP contribution in [0.5, 0.6) is 5.75 Å². The van der Waals surface area contributed by atoms with E-state index >= 15 is 0 Å². The third-order valence-corrected chi connectivity index (χ3v) is 5.45. The molecule has 0 amide bonds. The van der Waals surface area contributed by atoms with Gasteiger partial charge in [-0.2, -0.15) is 13.2 Å². The lowest BCUT2D eigenvalue weighted by atomic mass is 10.0. The minimum absolute atomic E-state index is 0.0845. The summed E-state index contributed by atoms with van der Waals surface area (Å²) in [5, 5.41) is 8.86. The molecule has 0 aliphatic heterocycles. The van der Waals surface area contributed by atoms with E-state index < -0.39 is 17.7 Å². The summed E-state index contributed by atoms with van der Waals surface area (Å²) in [5.74, 6) is 0.586. The van der Waals surface area contributed by atoms with Gasteiger partial charge >= 0.3 is 12.1 Å². The van der Waals surface area contributed by atoms with Gasteiger partial charge in [0.05, 0.1) is 18.7 Å². The molecule has 5 nitrogen and oxygen atoms in total. The number of nitrogens with zero attached hydrogens (tertiary/aromatic N) is 2. The zero-order valence-electron chi connectivity index (χ0n) is 18.6. The number of benzene rings is 2. The van der Waals surface area contributed by atoms with Gasteiger partial charge in [0.1, 0.15) is 11.6 Å². The molecular formula is C25H27F3N2O3. The molecule has 0 aliphatic rings. The highest BCUT2D eigenvalue weighted by atomic mass is 19.4. The number of carboxylic acids is 1. The first-order valence-electron chi connectivity index (χ1n) is 10.8. The van der Waals surface area contributed by atoms with E-state index in [4.69, 9.17) is 9.84 Å². The first kappa shape index (κ1) is 24.4. The number of aryl methyl sites for hydroxylation is 1. The van der Waals surface area contributed by atoms with E-state index in [9.17, 15) is 18.0 Å². The zero-order chi connectivity index (χ0) is 24.0. The van der Waals surface area contributed by atoms with Crippen LogP contribution in [-0.4, -0.2) is 27.2 Å². The molecule has 33 heavy (non-hydrogen) atoms. The fourth-order valence-corrected chi connectivity index (χ4v) is 3.66. The number of imidazole rings is 1. The smallest absolute Gasteiger partial charge is 0.416 e. The Labute approximate surface area is 190 Å². The normalized spacial score (nSPS) is 12.5. The summed E-state index contributed by atoms with van der Waals surface area (Å²) in [5.41, 5.74) is 1.70. The van der Waals surface area contributed by atoms with Crippen molar-refractivity contribution >= 4 is 5.97 Å². The van der Waals surface area contributed by atoms with Gasteiger partial charge in [-0.1, -0.05) is 37.3 Å². The van der Waals surface area contributed by atoms with Gasteiger partial charge in [-0.05, 0) is 43.9 Å². The van der Waals surface area contributed by atoms with Crippen molar-refractivity contribution in [1.29, 1.82) is 0 Å². The number of ether oxygens (including phenoxy) is 1. The van der Waals surface area contributed by atoms with Crippen LogP contribution in [0.4, 0.5) is 13.2 Å². The maximum Gasteiger partial charge on any atom is 0.416 e. The van der Waals surface area contributed by atoms with Crippen LogP contribution in [0.2, 0.25) is 0 Å². The molecule has 0 bridgehead atoms. The van der Waals surface area contributed by atoms with Crippen LogP contribution in [0.1, 0.15) is 43.0 Å². The Morgan fingerprint density at radius 2 is 1.85 bits per heavy atom. The van der Waals surface area contributed by atoms with Crippen LogP contribution in [0.3, 0.4) is 0 Å². The van der Waals surface area contributed by atoms with Gasteiger partial charge < -0.3 is 14.4 Å². The zero-order valence-corrected chi connectivity index (χ0v) is 18.6. The van der Waals surface area contributed by atoms with E-state index in [1.807, 2.05) is 42.7 Å². The minimum atomic E-state index is -4.38. The number of carbonyl (C=O) groups is 1. The molecule has 176 valence electrons. The van der Waals surface area contributed by atoms with Crippen LogP contribution < -0.4 is 4.74 Å². The van der Waals surface area contributed by atoms with Gasteiger partial charge in [0.2, 0.25) is 0 Å². The molecule has 1 N–H and O–H groups in total. The Balaban J connectivity index is 1.72. The predicted molar refractivity (Wildman–Crippen MR) is 119 cm³/mol. The summed E-state index contributed by atoms with van der Waals surface area (Å²) < 4.78 is 46.6. The number of hydrogen-bond acceptors (Lipinski definition) is 3. The number of carboxylic acid groups (broad SMARTS) is 1. The number of rotatable bonds is 10. The number of aromatic nitrogens is 2. The fraction of sp³-hybridized carbons (Fsp3) is 0.360.